The van der Waals surface area contributed by atoms with Crippen molar-refractivity contribution in [3.63, 3.8) is 0 Å². The molecular formula is C27H22F7NO3. The van der Waals surface area contributed by atoms with Crippen molar-refractivity contribution in [2.45, 2.75) is 33.2 Å². The summed E-state index contributed by atoms with van der Waals surface area (Å²) in [5, 5.41) is 8.73. The first-order valence-electron chi connectivity index (χ1n) is 11.5. The van der Waals surface area contributed by atoms with E-state index in [-0.39, 0.29) is 30.3 Å². The SMILES string of the molecule is CC.CC1COC(c2cc(F)c(C(F)(F)Oc3ccc(-c4cc(F)c(C#N)c(F)c4)c(F)c3)c(F)c2)OC1. The van der Waals surface area contributed by atoms with Crippen LogP contribution in [0.1, 0.15) is 43.8 Å². The topological polar surface area (TPSA) is 51.5 Å². The molecule has 38 heavy (non-hydrogen) atoms. The van der Waals surface area contributed by atoms with Gasteiger partial charge in [-0.1, -0.05) is 20.8 Å². The molecule has 202 valence electrons. The summed E-state index contributed by atoms with van der Waals surface area (Å²) in [6.45, 7) is 6.32. The van der Waals surface area contributed by atoms with Gasteiger partial charge in [0.2, 0.25) is 0 Å². The molecule has 0 amide bonds. The van der Waals surface area contributed by atoms with Crippen molar-refractivity contribution in [3.05, 3.63) is 88.2 Å². The number of ether oxygens (including phenoxy) is 3. The Labute approximate surface area is 214 Å². The van der Waals surface area contributed by atoms with Crippen molar-refractivity contribution in [2.24, 2.45) is 5.92 Å². The van der Waals surface area contributed by atoms with Crippen LogP contribution in [-0.2, 0) is 15.6 Å². The number of nitrogens with zero attached hydrogens (tertiary/aromatic N) is 1. The van der Waals surface area contributed by atoms with Crippen LogP contribution in [0.5, 0.6) is 5.75 Å². The Hall–Kier alpha value is -3.62. The van der Waals surface area contributed by atoms with Crippen LogP contribution in [0.2, 0.25) is 0 Å². The highest BCUT2D eigenvalue weighted by molar-refractivity contribution is 5.66. The fourth-order valence-electron chi connectivity index (χ4n) is 3.63. The van der Waals surface area contributed by atoms with E-state index in [0.717, 1.165) is 12.1 Å². The smallest absolute Gasteiger partial charge is 0.429 e. The maximum Gasteiger partial charge on any atom is 0.432 e. The van der Waals surface area contributed by atoms with Gasteiger partial charge in [0.05, 0.1) is 13.2 Å². The van der Waals surface area contributed by atoms with Crippen LogP contribution in [-0.4, -0.2) is 13.2 Å². The van der Waals surface area contributed by atoms with E-state index in [9.17, 15) is 30.7 Å². The second-order valence-electron chi connectivity index (χ2n) is 8.15. The van der Waals surface area contributed by atoms with Crippen molar-refractivity contribution >= 4 is 0 Å². The summed E-state index contributed by atoms with van der Waals surface area (Å²) in [6.07, 6.45) is -5.69. The van der Waals surface area contributed by atoms with Crippen LogP contribution in [0.4, 0.5) is 30.7 Å². The predicted molar refractivity (Wildman–Crippen MR) is 123 cm³/mol. The molecule has 1 heterocycles. The average Bonchev–Trinajstić information content (AvgIpc) is 2.84. The Morgan fingerprint density at radius 3 is 1.89 bits per heavy atom. The maximum absolute atomic E-state index is 14.7. The number of nitriles is 1. The zero-order valence-electron chi connectivity index (χ0n) is 20.4. The van der Waals surface area contributed by atoms with E-state index in [1.807, 2.05) is 20.8 Å². The van der Waals surface area contributed by atoms with Crippen molar-refractivity contribution in [3.8, 4) is 22.9 Å². The first-order valence-corrected chi connectivity index (χ1v) is 11.5. The van der Waals surface area contributed by atoms with Gasteiger partial charge in [0, 0.05) is 23.1 Å². The minimum absolute atomic E-state index is 0.0506. The zero-order chi connectivity index (χ0) is 28.2. The van der Waals surface area contributed by atoms with E-state index in [0.29, 0.717) is 30.3 Å². The third-order valence-corrected chi connectivity index (χ3v) is 5.34. The van der Waals surface area contributed by atoms with Crippen LogP contribution in [0.15, 0.2) is 42.5 Å². The largest absolute Gasteiger partial charge is 0.432 e. The molecule has 0 radical (unpaired) electrons. The molecule has 3 aromatic rings. The Bertz CT molecular complexity index is 1300. The molecule has 0 saturated carbocycles. The summed E-state index contributed by atoms with van der Waals surface area (Å²) in [7, 11) is 0. The number of halogens is 7. The number of alkyl halides is 2. The molecule has 0 unspecified atom stereocenters. The molecule has 3 aromatic carbocycles. The van der Waals surface area contributed by atoms with Crippen LogP contribution >= 0.6 is 0 Å². The Kier molecular flexibility index (Phi) is 9.01. The van der Waals surface area contributed by atoms with E-state index in [4.69, 9.17) is 14.7 Å². The summed E-state index contributed by atoms with van der Waals surface area (Å²) in [5.74, 6) is -7.74. The van der Waals surface area contributed by atoms with Crippen LogP contribution < -0.4 is 4.74 Å². The third kappa shape index (κ3) is 6.09. The van der Waals surface area contributed by atoms with E-state index in [1.54, 1.807) is 0 Å². The van der Waals surface area contributed by atoms with Gasteiger partial charge in [-0.2, -0.15) is 14.0 Å². The minimum Gasteiger partial charge on any atom is -0.429 e. The Morgan fingerprint density at radius 1 is 0.842 bits per heavy atom. The Balaban J connectivity index is 0.00000195. The van der Waals surface area contributed by atoms with Gasteiger partial charge in [-0.05, 0) is 42.0 Å². The molecule has 1 aliphatic rings. The molecule has 4 rings (SSSR count). The number of hydrogen-bond acceptors (Lipinski definition) is 4. The summed E-state index contributed by atoms with van der Waals surface area (Å²) in [5.41, 5.74) is -3.43. The Morgan fingerprint density at radius 2 is 1.39 bits per heavy atom. The first kappa shape index (κ1) is 28.9. The lowest BCUT2D eigenvalue weighted by molar-refractivity contribution is -0.203. The second kappa shape index (κ2) is 11.8. The summed E-state index contributed by atoms with van der Waals surface area (Å²) >= 11 is 0. The first-order chi connectivity index (χ1) is 18.0. The molecule has 0 aliphatic carbocycles. The fraction of sp³-hybridized carbons (Fsp3) is 0.296. The molecule has 0 aromatic heterocycles. The van der Waals surface area contributed by atoms with E-state index >= 15 is 0 Å². The van der Waals surface area contributed by atoms with Gasteiger partial charge >= 0.3 is 6.11 Å². The van der Waals surface area contributed by atoms with E-state index in [2.05, 4.69) is 4.74 Å². The molecule has 0 atom stereocenters. The molecule has 4 nitrogen and oxygen atoms in total. The lowest BCUT2D eigenvalue weighted by atomic mass is 10.0. The number of hydrogen-bond donors (Lipinski definition) is 0. The molecular weight excluding hydrogens is 519 g/mol. The third-order valence-electron chi connectivity index (χ3n) is 5.34. The van der Waals surface area contributed by atoms with Gasteiger partial charge in [-0.15, -0.1) is 0 Å². The average molecular weight is 541 g/mol. The lowest BCUT2D eigenvalue weighted by Gasteiger charge is -2.28. The molecule has 0 spiro atoms. The van der Waals surface area contributed by atoms with Crippen molar-refractivity contribution in [1.29, 1.82) is 5.26 Å². The highest BCUT2D eigenvalue weighted by Gasteiger charge is 2.42. The molecule has 1 saturated heterocycles. The quantitative estimate of drug-likeness (QED) is 0.310. The van der Waals surface area contributed by atoms with Crippen molar-refractivity contribution < 1.29 is 44.9 Å². The van der Waals surface area contributed by atoms with Crippen LogP contribution in [0.3, 0.4) is 0 Å². The maximum atomic E-state index is 14.7. The van der Waals surface area contributed by atoms with Crippen molar-refractivity contribution in [1.82, 2.24) is 0 Å². The molecule has 0 bridgehead atoms. The van der Waals surface area contributed by atoms with E-state index < -0.39 is 63.9 Å². The fourth-order valence-corrected chi connectivity index (χ4v) is 3.63. The van der Waals surface area contributed by atoms with Crippen LogP contribution in [0, 0.1) is 46.3 Å². The van der Waals surface area contributed by atoms with Gasteiger partial charge in [0.15, 0.2) is 6.29 Å². The molecule has 11 heteroatoms. The number of rotatable bonds is 5. The second-order valence-corrected chi connectivity index (χ2v) is 8.15. The van der Waals surface area contributed by atoms with Gasteiger partial charge in [0.1, 0.15) is 52.0 Å². The standard InChI is InChI=1S/C25H16F7NO3.C2H6/c1-12-10-34-24(35-11-12)14-6-21(29)23(22(30)7-14)25(31,32)36-15-2-3-16(20(28)8-15)13-4-18(26)17(9-33)19(27)5-13;1-2/h2-8,12,24H,10-11H2,1H3;1-2H3. The highest BCUT2D eigenvalue weighted by Crippen LogP contribution is 2.38. The molecule has 1 fully saturated rings. The van der Waals surface area contributed by atoms with E-state index in [1.165, 1.54) is 6.07 Å². The van der Waals surface area contributed by atoms with Gasteiger partial charge in [-0.25, -0.2) is 22.0 Å². The predicted octanol–water partition coefficient (Wildman–Crippen LogP) is 7.76. The molecule has 1 aliphatic heterocycles. The van der Waals surface area contributed by atoms with Gasteiger partial charge < -0.3 is 14.2 Å². The van der Waals surface area contributed by atoms with Crippen molar-refractivity contribution in [2.75, 3.05) is 13.2 Å². The zero-order valence-corrected chi connectivity index (χ0v) is 20.4. The minimum atomic E-state index is -4.56. The monoisotopic (exact) mass is 541 g/mol. The number of benzene rings is 3. The summed E-state index contributed by atoms with van der Waals surface area (Å²) < 4.78 is 116. The lowest BCUT2D eigenvalue weighted by Crippen LogP contribution is -2.27. The molecule has 0 N–H and O–H groups in total. The van der Waals surface area contributed by atoms with Gasteiger partial charge in [0.25, 0.3) is 0 Å². The summed E-state index contributed by atoms with van der Waals surface area (Å²) in [6, 6.07) is 6.15. The highest BCUT2D eigenvalue weighted by atomic mass is 19.3. The van der Waals surface area contributed by atoms with Gasteiger partial charge in [-0.3, -0.25) is 0 Å². The normalized spacial score (nSPS) is 17.3. The van der Waals surface area contributed by atoms with Crippen LogP contribution in [0.25, 0.3) is 11.1 Å². The summed E-state index contributed by atoms with van der Waals surface area (Å²) in [4.78, 5) is 0.